The van der Waals surface area contributed by atoms with E-state index in [0.29, 0.717) is 17.0 Å². The summed E-state index contributed by atoms with van der Waals surface area (Å²) in [6.45, 7) is 2.00. The molecular weight excluding hydrogens is 332 g/mol. The van der Waals surface area contributed by atoms with E-state index in [1.807, 2.05) is 30.3 Å². The van der Waals surface area contributed by atoms with Crippen LogP contribution in [0.1, 0.15) is 18.1 Å². The third-order valence-electron chi connectivity index (χ3n) is 3.73. The lowest BCUT2D eigenvalue weighted by atomic mass is 10.0. The van der Waals surface area contributed by atoms with Crippen molar-refractivity contribution in [2.75, 3.05) is 11.9 Å². The maximum atomic E-state index is 11.9. The second kappa shape index (κ2) is 7.52. The van der Waals surface area contributed by atoms with Crippen LogP contribution in [0.4, 0.5) is 10.6 Å². The summed E-state index contributed by atoms with van der Waals surface area (Å²) in [6.07, 6.45) is 2.89. The van der Waals surface area contributed by atoms with Gasteiger partial charge in [0.1, 0.15) is 11.5 Å². The summed E-state index contributed by atoms with van der Waals surface area (Å²) in [5, 5.41) is 3.35. The number of primary amides is 1. The maximum absolute atomic E-state index is 11.9. The van der Waals surface area contributed by atoms with Gasteiger partial charge < -0.3 is 15.5 Å². The van der Waals surface area contributed by atoms with Crippen molar-refractivity contribution in [2.24, 2.45) is 5.73 Å². The molecule has 2 aromatic heterocycles. The molecule has 0 aliphatic rings. The van der Waals surface area contributed by atoms with Crippen LogP contribution in [0.25, 0.3) is 22.7 Å². The molecule has 26 heavy (non-hydrogen) atoms. The number of hydrogen-bond donors (Lipinski definition) is 3. The van der Waals surface area contributed by atoms with Gasteiger partial charge in [-0.1, -0.05) is 30.3 Å². The van der Waals surface area contributed by atoms with Gasteiger partial charge in [0.25, 0.3) is 0 Å². The minimum Gasteiger partial charge on any atom is -0.450 e. The van der Waals surface area contributed by atoms with Gasteiger partial charge in [-0.15, -0.1) is 0 Å². The molecule has 0 aliphatic heterocycles. The van der Waals surface area contributed by atoms with Gasteiger partial charge in [-0.05, 0) is 30.7 Å². The molecule has 0 radical (unpaired) electrons. The molecule has 0 saturated heterocycles. The first-order valence-corrected chi connectivity index (χ1v) is 8.07. The molecule has 1 aromatic carbocycles. The predicted molar refractivity (Wildman–Crippen MR) is 100 cm³/mol. The molecule has 0 unspecified atom stereocenters. The van der Waals surface area contributed by atoms with E-state index in [0.717, 1.165) is 16.5 Å². The van der Waals surface area contributed by atoms with Crippen LogP contribution in [0, 0.1) is 0 Å². The Balaban J connectivity index is 1.95. The fraction of sp³-hybridized carbons (Fsp3) is 0.105. The number of benzene rings is 1. The standard InChI is InChI=1S/C19H18N4O3/c1-2-26-19(25)23-16-9-8-14-13(11-21-18(14)22-16)10-15(17(20)24)12-6-4-3-5-7-12/h3-11H,2H2,1H3,(H2,20,24)(H2,21,22,23,25)/b15-10-. The van der Waals surface area contributed by atoms with E-state index >= 15 is 0 Å². The van der Waals surface area contributed by atoms with Crippen molar-refractivity contribution in [1.29, 1.82) is 0 Å². The normalized spacial score (nSPS) is 11.3. The van der Waals surface area contributed by atoms with Gasteiger partial charge in [0.15, 0.2) is 0 Å². The molecule has 0 atom stereocenters. The van der Waals surface area contributed by atoms with Crippen molar-refractivity contribution in [3.63, 3.8) is 0 Å². The Morgan fingerprint density at radius 2 is 2.00 bits per heavy atom. The number of H-pyrrole nitrogens is 1. The number of nitrogens with two attached hydrogens (primary N) is 1. The summed E-state index contributed by atoms with van der Waals surface area (Å²) >= 11 is 0. The van der Waals surface area contributed by atoms with Crippen molar-refractivity contribution in [3.8, 4) is 0 Å². The number of nitrogens with zero attached hydrogens (tertiary/aromatic N) is 1. The van der Waals surface area contributed by atoms with Crippen molar-refractivity contribution in [3.05, 3.63) is 59.8 Å². The van der Waals surface area contributed by atoms with Gasteiger partial charge in [0.05, 0.1) is 6.61 Å². The molecule has 7 heteroatoms. The Labute approximate surface area is 149 Å². The summed E-state index contributed by atoms with van der Waals surface area (Å²) in [5.41, 5.74) is 8.03. The van der Waals surface area contributed by atoms with Crippen LogP contribution in [0.5, 0.6) is 0 Å². The number of nitrogens with one attached hydrogen (secondary N) is 2. The third kappa shape index (κ3) is 3.72. The summed E-state index contributed by atoms with van der Waals surface area (Å²) in [4.78, 5) is 30.7. The number of hydrogen-bond acceptors (Lipinski definition) is 4. The molecule has 3 aromatic rings. The third-order valence-corrected chi connectivity index (χ3v) is 3.73. The van der Waals surface area contributed by atoms with E-state index in [2.05, 4.69) is 15.3 Å². The number of aromatic amines is 1. The van der Waals surface area contributed by atoms with E-state index in [1.54, 1.807) is 31.3 Å². The number of rotatable bonds is 5. The van der Waals surface area contributed by atoms with Gasteiger partial charge in [-0.3, -0.25) is 10.1 Å². The smallest absolute Gasteiger partial charge is 0.412 e. The minimum absolute atomic E-state index is 0.279. The first kappa shape index (κ1) is 17.2. The van der Waals surface area contributed by atoms with Crippen molar-refractivity contribution >= 4 is 40.5 Å². The van der Waals surface area contributed by atoms with Crippen LogP contribution in [0.3, 0.4) is 0 Å². The Morgan fingerprint density at radius 3 is 2.69 bits per heavy atom. The van der Waals surface area contributed by atoms with E-state index < -0.39 is 12.0 Å². The summed E-state index contributed by atoms with van der Waals surface area (Å²) < 4.78 is 4.83. The second-order valence-electron chi connectivity index (χ2n) is 5.47. The number of amides is 2. The first-order chi connectivity index (χ1) is 12.6. The Morgan fingerprint density at radius 1 is 1.23 bits per heavy atom. The number of carbonyl (C=O) groups is 2. The molecule has 4 N–H and O–H groups in total. The zero-order valence-corrected chi connectivity index (χ0v) is 14.2. The number of carbonyl (C=O) groups excluding carboxylic acids is 2. The lowest BCUT2D eigenvalue weighted by molar-refractivity contribution is -0.112. The highest BCUT2D eigenvalue weighted by atomic mass is 16.5. The van der Waals surface area contributed by atoms with Crippen LogP contribution in [-0.2, 0) is 9.53 Å². The topological polar surface area (TPSA) is 110 Å². The summed E-state index contributed by atoms with van der Waals surface area (Å²) in [6, 6.07) is 12.7. The molecule has 132 valence electrons. The Hall–Kier alpha value is -3.61. The average molecular weight is 350 g/mol. The summed E-state index contributed by atoms with van der Waals surface area (Å²) in [7, 11) is 0. The van der Waals surface area contributed by atoms with E-state index in [1.165, 1.54) is 0 Å². The first-order valence-electron chi connectivity index (χ1n) is 8.07. The lowest BCUT2D eigenvalue weighted by Crippen LogP contribution is -2.14. The molecule has 0 aliphatic carbocycles. The molecule has 0 bridgehead atoms. The molecule has 7 nitrogen and oxygen atoms in total. The largest absolute Gasteiger partial charge is 0.450 e. The van der Waals surface area contributed by atoms with Crippen LogP contribution in [0.15, 0.2) is 48.7 Å². The number of fused-ring (bicyclic) bond motifs is 1. The highest BCUT2D eigenvalue weighted by molar-refractivity contribution is 6.24. The van der Waals surface area contributed by atoms with Crippen LogP contribution in [0.2, 0.25) is 0 Å². The molecule has 0 spiro atoms. The highest BCUT2D eigenvalue weighted by Crippen LogP contribution is 2.24. The van der Waals surface area contributed by atoms with Crippen molar-refractivity contribution in [1.82, 2.24) is 9.97 Å². The second-order valence-corrected chi connectivity index (χ2v) is 5.47. The Bertz CT molecular complexity index is 977. The van der Waals surface area contributed by atoms with E-state index in [9.17, 15) is 9.59 Å². The van der Waals surface area contributed by atoms with Gasteiger partial charge in [-0.25, -0.2) is 9.78 Å². The predicted octanol–water partition coefficient (Wildman–Crippen LogP) is 3.16. The van der Waals surface area contributed by atoms with Gasteiger partial charge >= 0.3 is 6.09 Å². The van der Waals surface area contributed by atoms with Crippen LogP contribution in [-0.4, -0.2) is 28.6 Å². The van der Waals surface area contributed by atoms with E-state index in [4.69, 9.17) is 10.5 Å². The zero-order valence-electron chi connectivity index (χ0n) is 14.2. The van der Waals surface area contributed by atoms with Crippen molar-refractivity contribution < 1.29 is 14.3 Å². The monoisotopic (exact) mass is 350 g/mol. The molecule has 2 amide bonds. The van der Waals surface area contributed by atoms with E-state index in [-0.39, 0.29) is 6.61 Å². The fourth-order valence-corrected chi connectivity index (χ4v) is 2.56. The summed E-state index contributed by atoms with van der Waals surface area (Å²) in [5.74, 6) is -0.148. The van der Waals surface area contributed by atoms with Gasteiger partial charge in [0.2, 0.25) is 5.91 Å². The van der Waals surface area contributed by atoms with Gasteiger partial charge in [0, 0.05) is 22.7 Å². The number of pyridine rings is 1. The van der Waals surface area contributed by atoms with Gasteiger partial charge in [-0.2, -0.15) is 0 Å². The molecular formula is C19H18N4O3. The van der Waals surface area contributed by atoms with Crippen LogP contribution >= 0.6 is 0 Å². The van der Waals surface area contributed by atoms with Crippen LogP contribution < -0.4 is 11.1 Å². The average Bonchev–Trinajstić information content (AvgIpc) is 3.02. The lowest BCUT2D eigenvalue weighted by Gasteiger charge is -2.05. The highest BCUT2D eigenvalue weighted by Gasteiger charge is 2.11. The number of ether oxygens (including phenoxy) is 1. The zero-order chi connectivity index (χ0) is 18.5. The molecule has 0 saturated carbocycles. The molecule has 3 rings (SSSR count). The van der Waals surface area contributed by atoms with Crippen molar-refractivity contribution in [2.45, 2.75) is 6.92 Å². The number of anilines is 1. The quantitative estimate of drug-likeness (QED) is 0.614. The fourth-order valence-electron chi connectivity index (χ4n) is 2.56. The number of aromatic nitrogens is 2. The molecule has 0 fully saturated rings. The molecule has 2 heterocycles. The Kier molecular flexibility index (Phi) is 4.98. The minimum atomic E-state index is -0.564. The SMILES string of the molecule is CCOC(=O)Nc1ccc2c(/C=C(\C(N)=O)c3ccccc3)c[nH]c2n1. The maximum Gasteiger partial charge on any atom is 0.412 e.